The molecule has 0 aromatic heterocycles. The molecule has 0 fully saturated rings. The molecule has 2 N–H and O–H groups in total. The molecule has 0 bridgehead atoms. The molecule has 0 amide bonds. The second-order valence-electron chi connectivity index (χ2n) is 2.37. The van der Waals surface area contributed by atoms with Crippen molar-refractivity contribution in [2.45, 2.75) is 32.2 Å². The maximum atomic E-state index is 10.3. The van der Waals surface area contributed by atoms with E-state index in [-0.39, 0.29) is 6.04 Å². The minimum absolute atomic E-state index is 0.241. The van der Waals surface area contributed by atoms with E-state index in [2.05, 4.69) is 11.6 Å². The van der Waals surface area contributed by atoms with Gasteiger partial charge in [0.1, 0.15) is 0 Å². The molecular weight excluding hydrogens is 166 g/mol. The van der Waals surface area contributed by atoms with Gasteiger partial charge in [-0.2, -0.15) is 13.1 Å². The third-order valence-corrected chi connectivity index (χ3v) is 1.93. The van der Waals surface area contributed by atoms with Gasteiger partial charge in [0.05, 0.1) is 0 Å². The van der Waals surface area contributed by atoms with Gasteiger partial charge in [-0.25, -0.2) is 0 Å². The fourth-order valence-corrected chi connectivity index (χ4v) is 1.48. The first-order chi connectivity index (χ1) is 4.99. The van der Waals surface area contributed by atoms with Gasteiger partial charge in [-0.05, 0) is 12.8 Å². The highest BCUT2D eigenvalue weighted by Crippen LogP contribution is 2.01. The van der Waals surface area contributed by atoms with Crippen LogP contribution in [0.1, 0.15) is 26.2 Å². The maximum absolute atomic E-state index is 10.3. The van der Waals surface area contributed by atoms with E-state index in [4.69, 9.17) is 4.55 Å². The Kier molecular flexibility index (Phi) is 4.63. The van der Waals surface area contributed by atoms with Gasteiger partial charge in [-0.15, -0.1) is 0 Å². The summed E-state index contributed by atoms with van der Waals surface area (Å²) in [5, 5.41) is 0. The smallest absolute Gasteiger partial charge is 0.273 e. The van der Waals surface area contributed by atoms with E-state index in [1.54, 1.807) is 0 Å². The van der Waals surface area contributed by atoms with E-state index in [1.165, 1.54) is 0 Å². The highest BCUT2D eigenvalue weighted by molar-refractivity contribution is 7.83. The quantitative estimate of drug-likeness (QED) is 0.614. The molecule has 0 saturated heterocycles. The topological polar surface area (TPSA) is 66.4 Å². The Bertz CT molecular complexity index is 188. The van der Waals surface area contributed by atoms with Crippen LogP contribution in [0.25, 0.3) is 0 Å². The molecule has 11 heavy (non-hydrogen) atoms. The number of rotatable bonds is 5. The van der Waals surface area contributed by atoms with Crippen molar-refractivity contribution < 1.29 is 13.0 Å². The molecule has 0 heterocycles. The van der Waals surface area contributed by atoms with Crippen LogP contribution in [0.3, 0.4) is 0 Å². The van der Waals surface area contributed by atoms with Gasteiger partial charge >= 0.3 is 10.3 Å². The Labute approximate surface area is 67.9 Å². The fourth-order valence-electron chi connectivity index (χ4n) is 0.821. The Morgan fingerprint density at radius 3 is 2.45 bits per heavy atom. The van der Waals surface area contributed by atoms with Crippen LogP contribution < -0.4 is 4.72 Å². The Morgan fingerprint density at radius 2 is 2.18 bits per heavy atom. The number of hydrogen-bond acceptors (Lipinski definition) is 2. The van der Waals surface area contributed by atoms with Crippen molar-refractivity contribution in [3.63, 3.8) is 0 Å². The minimum atomic E-state index is -4.05. The molecule has 0 aromatic carbocycles. The maximum Gasteiger partial charge on any atom is 0.333 e. The summed E-state index contributed by atoms with van der Waals surface area (Å²) in [7, 11) is -4.05. The fraction of sp³-hybridized carbons (Fsp3) is 0.833. The molecule has 0 aromatic rings. The molecule has 0 aliphatic heterocycles. The number of nitrogens with one attached hydrogen (secondary N) is 1. The summed E-state index contributed by atoms with van der Waals surface area (Å²) in [6.45, 7) is 5.49. The van der Waals surface area contributed by atoms with Crippen molar-refractivity contribution in [3.05, 3.63) is 6.92 Å². The van der Waals surface area contributed by atoms with Gasteiger partial charge in [-0.3, -0.25) is 4.55 Å². The average Bonchev–Trinajstić information content (AvgIpc) is 1.84. The zero-order valence-corrected chi connectivity index (χ0v) is 7.39. The van der Waals surface area contributed by atoms with Gasteiger partial charge < -0.3 is 0 Å². The zero-order valence-electron chi connectivity index (χ0n) is 6.58. The normalized spacial score (nSPS) is 14.8. The van der Waals surface area contributed by atoms with Crippen LogP contribution in [0.15, 0.2) is 0 Å². The third kappa shape index (κ3) is 6.28. The summed E-state index contributed by atoms with van der Waals surface area (Å²) < 4.78 is 31.0. The van der Waals surface area contributed by atoms with Crippen molar-refractivity contribution in [1.82, 2.24) is 4.72 Å². The number of hydrogen-bond donors (Lipinski definition) is 2. The van der Waals surface area contributed by atoms with Crippen LogP contribution >= 0.6 is 0 Å². The zero-order chi connectivity index (χ0) is 8.91. The van der Waals surface area contributed by atoms with Gasteiger partial charge in [0.2, 0.25) is 0 Å². The standard InChI is InChI=1S/C6H14NO3S/c1-3-5-6(4-2)7-11(8,9)10/h6-7H,2-5H2,1H3,(H,8,9,10). The third-order valence-electron chi connectivity index (χ3n) is 1.30. The first-order valence-corrected chi connectivity index (χ1v) is 4.97. The summed E-state index contributed by atoms with van der Waals surface area (Å²) in [6, 6.07) is -0.241. The van der Waals surface area contributed by atoms with Crippen molar-refractivity contribution in [2.24, 2.45) is 0 Å². The summed E-state index contributed by atoms with van der Waals surface area (Å²) in [6.07, 6.45) is 2.01. The van der Waals surface area contributed by atoms with Gasteiger partial charge in [0, 0.05) is 6.04 Å². The lowest BCUT2D eigenvalue weighted by Crippen LogP contribution is -2.33. The lowest BCUT2D eigenvalue weighted by molar-refractivity contribution is 0.442. The van der Waals surface area contributed by atoms with Gasteiger partial charge in [0.25, 0.3) is 0 Å². The second kappa shape index (κ2) is 4.69. The van der Waals surface area contributed by atoms with Crippen LogP contribution in [0.4, 0.5) is 0 Å². The van der Waals surface area contributed by atoms with Gasteiger partial charge in [0.15, 0.2) is 0 Å². The summed E-state index contributed by atoms with van der Waals surface area (Å²) in [5.41, 5.74) is 0. The van der Waals surface area contributed by atoms with E-state index >= 15 is 0 Å². The predicted octanol–water partition coefficient (Wildman–Crippen LogP) is 0.772. The Morgan fingerprint density at radius 1 is 1.64 bits per heavy atom. The van der Waals surface area contributed by atoms with E-state index in [0.29, 0.717) is 12.8 Å². The van der Waals surface area contributed by atoms with Crippen LogP contribution in [0.2, 0.25) is 0 Å². The highest BCUT2D eigenvalue weighted by atomic mass is 32.2. The van der Waals surface area contributed by atoms with Crippen molar-refractivity contribution >= 4 is 10.3 Å². The van der Waals surface area contributed by atoms with Crippen LogP contribution in [0.5, 0.6) is 0 Å². The molecule has 0 aliphatic rings. The van der Waals surface area contributed by atoms with Crippen molar-refractivity contribution in [1.29, 1.82) is 0 Å². The van der Waals surface area contributed by atoms with Crippen LogP contribution in [0, 0.1) is 6.92 Å². The molecule has 1 radical (unpaired) electrons. The highest BCUT2D eigenvalue weighted by Gasteiger charge is 2.11. The van der Waals surface area contributed by atoms with Crippen LogP contribution in [-0.4, -0.2) is 19.0 Å². The Hall–Kier alpha value is -0.130. The first kappa shape index (κ1) is 10.9. The van der Waals surface area contributed by atoms with Crippen LogP contribution in [-0.2, 0) is 10.3 Å². The molecule has 0 aliphatic carbocycles. The molecule has 0 rings (SSSR count). The largest absolute Gasteiger partial charge is 0.333 e. The van der Waals surface area contributed by atoms with E-state index < -0.39 is 10.3 Å². The molecule has 1 unspecified atom stereocenters. The van der Waals surface area contributed by atoms with Crippen molar-refractivity contribution in [3.8, 4) is 0 Å². The molecule has 5 heteroatoms. The second-order valence-corrected chi connectivity index (χ2v) is 3.55. The van der Waals surface area contributed by atoms with E-state index in [9.17, 15) is 8.42 Å². The Balaban J connectivity index is 3.88. The molecule has 1 atom stereocenters. The van der Waals surface area contributed by atoms with Crippen molar-refractivity contribution in [2.75, 3.05) is 0 Å². The summed E-state index contributed by atoms with van der Waals surface area (Å²) in [5.74, 6) is 0. The lowest BCUT2D eigenvalue weighted by Gasteiger charge is -2.12. The predicted molar refractivity (Wildman–Crippen MR) is 43.4 cm³/mol. The SMILES string of the molecule is [CH2]CC(CCC)NS(=O)(=O)O. The summed E-state index contributed by atoms with van der Waals surface area (Å²) >= 11 is 0. The summed E-state index contributed by atoms with van der Waals surface area (Å²) in [4.78, 5) is 0. The molecule has 4 nitrogen and oxygen atoms in total. The van der Waals surface area contributed by atoms with E-state index in [0.717, 1.165) is 6.42 Å². The molecule has 0 saturated carbocycles. The monoisotopic (exact) mass is 180 g/mol. The lowest BCUT2D eigenvalue weighted by atomic mass is 10.1. The van der Waals surface area contributed by atoms with Gasteiger partial charge in [-0.1, -0.05) is 20.3 Å². The van der Waals surface area contributed by atoms with E-state index in [1.807, 2.05) is 6.92 Å². The first-order valence-electron chi connectivity index (χ1n) is 3.53. The molecule has 0 spiro atoms. The molecule has 67 valence electrons. The minimum Gasteiger partial charge on any atom is -0.273 e. The molecular formula is C6H14NO3S. The average molecular weight is 180 g/mol.